The molecular weight excluding hydrogens is 236 g/mol. The summed E-state index contributed by atoms with van der Waals surface area (Å²) in [6.45, 7) is 0. The highest BCUT2D eigenvalue weighted by Gasteiger charge is 2.06. The largest absolute Gasteiger partial charge is 0.424 e. The minimum Gasteiger partial charge on any atom is -0.424 e. The smallest absolute Gasteiger partial charge is 0.323 e. The molecular formula is C11H6N4O3. The number of hydrogen-bond acceptors (Lipinski definition) is 6. The Balaban J connectivity index is 2.18. The van der Waals surface area contributed by atoms with Crippen molar-refractivity contribution in [3.8, 4) is 17.8 Å². The van der Waals surface area contributed by atoms with Crippen molar-refractivity contribution in [1.82, 2.24) is 9.97 Å². The molecule has 0 bridgehead atoms. The number of nitriles is 1. The predicted octanol–water partition coefficient (Wildman–Crippen LogP) is 2.05. The average molecular weight is 242 g/mol. The van der Waals surface area contributed by atoms with Gasteiger partial charge in [-0.3, -0.25) is 10.1 Å². The number of ether oxygens (including phenoxy) is 1. The molecule has 0 spiro atoms. The summed E-state index contributed by atoms with van der Waals surface area (Å²) in [5.74, 6) is 0.357. The number of non-ortho nitro benzene ring substituents is 1. The van der Waals surface area contributed by atoms with E-state index in [1.54, 1.807) is 0 Å². The van der Waals surface area contributed by atoms with Crippen LogP contribution < -0.4 is 4.74 Å². The third-order valence-corrected chi connectivity index (χ3v) is 2.00. The van der Waals surface area contributed by atoms with Crippen molar-refractivity contribution >= 4 is 5.69 Å². The fourth-order valence-corrected chi connectivity index (χ4v) is 1.19. The lowest BCUT2D eigenvalue weighted by Crippen LogP contribution is -1.93. The summed E-state index contributed by atoms with van der Waals surface area (Å²) in [4.78, 5) is 17.6. The fourth-order valence-electron chi connectivity index (χ4n) is 1.19. The Morgan fingerprint density at radius 3 is 2.61 bits per heavy atom. The zero-order chi connectivity index (χ0) is 13.0. The molecule has 88 valence electrons. The Hall–Kier alpha value is -3.01. The predicted molar refractivity (Wildman–Crippen MR) is 59.9 cm³/mol. The van der Waals surface area contributed by atoms with E-state index in [4.69, 9.17) is 10.00 Å². The normalized spacial score (nSPS) is 9.50. The molecule has 0 saturated carbocycles. The molecule has 1 heterocycles. The third kappa shape index (κ3) is 2.56. The van der Waals surface area contributed by atoms with E-state index in [2.05, 4.69) is 9.97 Å². The summed E-state index contributed by atoms with van der Waals surface area (Å²) in [6, 6.07) is 8.80. The maximum Gasteiger partial charge on any atom is 0.323 e. The standard InChI is InChI=1S/C11H6N4O3/c12-7-8-5-6-13-11(14-8)18-10-3-1-9(2-4-10)15(16)17/h1-6H. The van der Waals surface area contributed by atoms with Gasteiger partial charge in [0.2, 0.25) is 0 Å². The van der Waals surface area contributed by atoms with Crippen LogP contribution in [-0.4, -0.2) is 14.9 Å². The van der Waals surface area contributed by atoms with Crippen LogP contribution in [0.15, 0.2) is 36.5 Å². The van der Waals surface area contributed by atoms with E-state index < -0.39 is 4.92 Å². The maximum atomic E-state index is 10.5. The molecule has 0 radical (unpaired) electrons. The summed E-state index contributed by atoms with van der Waals surface area (Å²) >= 11 is 0. The van der Waals surface area contributed by atoms with Crippen molar-refractivity contribution in [2.75, 3.05) is 0 Å². The molecule has 7 nitrogen and oxygen atoms in total. The first-order chi connectivity index (χ1) is 8.69. The van der Waals surface area contributed by atoms with Crippen molar-refractivity contribution < 1.29 is 9.66 Å². The molecule has 1 aromatic heterocycles. The number of nitro benzene ring substituents is 1. The van der Waals surface area contributed by atoms with E-state index in [-0.39, 0.29) is 17.4 Å². The molecule has 1 aromatic carbocycles. The second-order valence-electron chi connectivity index (χ2n) is 3.19. The van der Waals surface area contributed by atoms with Gasteiger partial charge in [-0.15, -0.1) is 0 Å². The van der Waals surface area contributed by atoms with E-state index in [9.17, 15) is 10.1 Å². The summed E-state index contributed by atoms with van der Waals surface area (Å²) in [5.41, 5.74) is 0.149. The molecule has 0 N–H and O–H groups in total. The quantitative estimate of drug-likeness (QED) is 0.602. The minimum absolute atomic E-state index is 0.0166. The molecule has 18 heavy (non-hydrogen) atoms. The van der Waals surface area contributed by atoms with E-state index in [1.807, 2.05) is 6.07 Å². The van der Waals surface area contributed by atoms with Gasteiger partial charge in [0.25, 0.3) is 5.69 Å². The van der Waals surface area contributed by atoms with E-state index in [0.717, 1.165) is 0 Å². The van der Waals surface area contributed by atoms with Crippen LogP contribution in [0.4, 0.5) is 5.69 Å². The number of rotatable bonds is 3. The lowest BCUT2D eigenvalue weighted by atomic mass is 10.3. The van der Waals surface area contributed by atoms with Crippen molar-refractivity contribution in [3.63, 3.8) is 0 Å². The van der Waals surface area contributed by atoms with Gasteiger partial charge >= 0.3 is 6.01 Å². The molecule has 7 heteroatoms. The summed E-state index contributed by atoms with van der Waals surface area (Å²) in [5, 5.41) is 19.1. The van der Waals surface area contributed by atoms with Crippen LogP contribution in [0.5, 0.6) is 11.8 Å². The molecule has 0 unspecified atom stereocenters. The van der Waals surface area contributed by atoms with Crippen molar-refractivity contribution in [2.24, 2.45) is 0 Å². The van der Waals surface area contributed by atoms with Crippen molar-refractivity contribution in [2.45, 2.75) is 0 Å². The number of aromatic nitrogens is 2. The molecule has 0 saturated heterocycles. The van der Waals surface area contributed by atoms with Crippen LogP contribution in [0.1, 0.15) is 5.69 Å². The van der Waals surface area contributed by atoms with Crippen LogP contribution in [-0.2, 0) is 0 Å². The molecule has 2 aromatic rings. The van der Waals surface area contributed by atoms with Gasteiger partial charge in [0.1, 0.15) is 17.5 Å². The molecule has 0 aliphatic heterocycles. The SMILES string of the molecule is N#Cc1ccnc(Oc2ccc([N+](=O)[O-])cc2)n1. The molecule has 2 rings (SSSR count). The minimum atomic E-state index is -0.503. The number of nitrogens with zero attached hydrogens (tertiary/aromatic N) is 4. The van der Waals surface area contributed by atoms with E-state index in [0.29, 0.717) is 5.75 Å². The van der Waals surface area contributed by atoms with Gasteiger partial charge in [-0.2, -0.15) is 10.2 Å². The molecule has 0 aliphatic rings. The summed E-state index contributed by atoms with van der Waals surface area (Å²) < 4.78 is 5.26. The van der Waals surface area contributed by atoms with Crippen LogP contribution in [0.25, 0.3) is 0 Å². The second-order valence-corrected chi connectivity index (χ2v) is 3.19. The number of hydrogen-bond donors (Lipinski definition) is 0. The summed E-state index contributed by atoms with van der Waals surface area (Å²) in [6.07, 6.45) is 1.40. The van der Waals surface area contributed by atoms with Crippen LogP contribution in [0.3, 0.4) is 0 Å². The van der Waals surface area contributed by atoms with Gasteiger partial charge in [-0.05, 0) is 18.2 Å². The van der Waals surface area contributed by atoms with Gasteiger partial charge < -0.3 is 4.74 Å². The monoisotopic (exact) mass is 242 g/mol. The second kappa shape index (κ2) is 4.88. The van der Waals surface area contributed by atoms with Crippen LogP contribution in [0, 0.1) is 21.4 Å². The first-order valence-corrected chi connectivity index (χ1v) is 4.84. The zero-order valence-corrected chi connectivity index (χ0v) is 8.98. The molecule has 0 atom stereocenters. The first kappa shape index (κ1) is 11.5. The lowest BCUT2D eigenvalue weighted by molar-refractivity contribution is -0.384. The highest BCUT2D eigenvalue weighted by Crippen LogP contribution is 2.21. The Morgan fingerprint density at radius 2 is 2.00 bits per heavy atom. The van der Waals surface area contributed by atoms with Crippen LogP contribution >= 0.6 is 0 Å². The van der Waals surface area contributed by atoms with Gasteiger partial charge in [0, 0.05) is 18.3 Å². The molecule has 0 amide bonds. The highest BCUT2D eigenvalue weighted by molar-refractivity contribution is 5.37. The van der Waals surface area contributed by atoms with E-state index >= 15 is 0 Å². The number of benzene rings is 1. The van der Waals surface area contributed by atoms with Gasteiger partial charge in [-0.1, -0.05) is 0 Å². The highest BCUT2D eigenvalue weighted by atomic mass is 16.6. The summed E-state index contributed by atoms with van der Waals surface area (Å²) in [7, 11) is 0. The van der Waals surface area contributed by atoms with Gasteiger partial charge in [0.05, 0.1) is 4.92 Å². The van der Waals surface area contributed by atoms with Crippen molar-refractivity contribution in [3.05, 3.63) is 52.3 Å². The average Bonchev–Trinajstić information content (AvgIpc) is 2.39. The third-order valence-electron chi connectivity index (χ3n) is 2.00. The maximum absolute atomic E-state index is 10.5. The van der Waals surface area contributed by atoms with Crippen LogP contribution in [0.2, 0.25) is 0 Å². The zero-order valence-electron chi connectivity index (χ0n) is 8.98. The Morgan fingerprint density at radius 1 is 1.28 bits per heavy atom. The fraction of sp³-hybridized carbons (Fsp3) is 0. The van der Waals surface area contributed by atoms with Crippen molar-refractivity contribution in [1.29, 1.82) is 5.26 Å². The topological polar surface area (TPSA) is 102 Å². The Bertz CT molecular complexity index is 619. The van der Waals surface area contributed by atoms with Gasteiger partial charge in [0.15, 0.2) is 0 Å². The Kier molecular flexibility index (Phi) is 3.11. The Labute approximate surface area is 101 Å². The molecule has 0 fully saturated rings. The first-order valence-electron chi connectivity index (χ1n) is 4.84. The molecule has 0 aliphatic carbocycles. The van der Waals surface area contributed by atoms with Gasteiger partial charge in [-0.25, -0.2) is 4.98 Å². The lowest BCUT2D eigenvalue weighted by Gasteiger charge is -2.02. The van der Waals surface area contributed by atoms with E-state index in [1.165, 1.54) is 36.5 Å². The number of nitro groups is 1.